The van der Waals surface area contributed by atoms with Gasteiger partial charge >= 0.3 is 6.03 Å². The third-order valence-corrected chi connectivity index (χ3v) is 3.80. The largest absolute Gasteiger partial charge is 0.350 e. The molecule has 0 fully saturated rings. The third kappa shape index (κ3) is 3.09. The standard InChI is InChI=1S/C16H18FN5O2/c17-10-1-2-12-11(7-10)13-9(8-21-16(24)20-6-4-18)3-5-19-15(23)14(13)22-12/h1-2,7-8,22H,3-6,18H2,(H,19,23)(H2,20,21,24)/b9-8+. The zero-order chi connectivity index (χ0) is 17.1. The Balaban J connectivity index is 2.01. The summed E-state index contributed by atoms with van der Waals surface area (Å²) in [6.45, 7) is 1.13. The van der Waals surface area contributed by atoms with Crippen molar-refractivity contribution in [1.82, 2.24) is 20.9 Å². The number of carbonyl (C=O) groups excluding carboxylic acids is 2. The molecule has 0 radical (unpaired) electrons. The van der Waals surface area contributed by atoms with Crippen molar-refractivity contribution in [3.8, 4) is 0 Å². The van der Waals surface area contributed by atoms with Gasteiger partial charge in [-0.2, -0.15) is 0 Å². The fourth-order valence-corrected chi connectivity index (χ4v) is 2.73. The van der Waals surface area contributed by atoms with Gasteiger partial charge in [-0.15, -0.1) is 0 Å². The van der Waals surface area contributed by atoms with Crippen molar-refractivity contribution < 1.29 is 14.0 Å². The molecule has 2 heterocycles. The number of amides is 3. The Hall–Kier alpha value is -2.87. The van der Waals surface area contributed by atoms with Crippen LogP contribution < -0.4 is 21.7 Å². The van der Waals surface area contributed by atoms with Gasteiger partial charge in [-0.3, -0.25) is 4.79 Å². The molecule has 0 saturated heterocycles. The first-order valence-electron chi connectivity index (χ1n) is 7.63. The first-order chi connectivity index (χ1) is 11.6. The summed E-state index contributed by atoms with van der Waals surface area (Å²) in [5, 5.41) is 8.60. The van der Waals surface area contributed by atoms with Gasteiger partial charge in [-0.05, 0) is 30.2 Å². The van der Waals surface area contributed by atoms with Gasteiger partial charge in [0.15, 0.2) is 0 Å². The van der Waals surface area contributed by atoms with Crippen molar-refractivity contribution in [2.45, 2.75) is 6.42 Å². The molecule has 3 rings (SSSR count). The van der Waals surface area contributed by atoms with Crippen molar-refractivity contribution >= 4 is 28.4 Å². The molecule has 1 aromatic carbocycles. The third-order valence-electron chi connectivity index (χ3n) is 3.80. The maximum absolute atomic E-state index is 13.6. The van der Waals surface area contributed by atoms with Crippen LogP contribution in [-0.4, -0.2) is 36.6 Å². The van der Waals surface area contributed by atoms with E-state index >= 15 is 0 Å². The summed E-state index contributed by atoms with van der Waals surface area (Å²) in [4.78, 5) is 26.9. The lowest BCUT2D eigenvalue weighted by Crippen LogP contribution is -2.35. The van der Waals surface area contributed by atoms with Gasteiger partial charge in [0.25, 0.3) is 5.91 Å². The molecular weight excluding hydrogens is 313 g/mol. The van der Waals surface area contributed by atoms with Gasteiger partial charge in [-0.1, -0.05) is 0 Å². The summed E-state index contributed by atoms with van der Waals surface area (Å²) in [6, 6.07) is 3.92. The number of nitrogens with two attached hydrogens (primary N) is 1. The lowest BCUT2D eigenvalue weighted by atomic mass is 10.0. The molecule has 0 spiro atoms. The highest BCUT2D eigenvalue weighted by atomic mass is 19.1. The summed E-state index contributed by atoms with van der Waals surface area (Å²) in [5.41, 5.74) is 7.71. The zero-order valence-corrected chi connectivity index (χ0v) is 12.9. The van der Waals surface area contributed by atoms with Crippen LogP contribution in [0, 0.1) is 5.82 Å². The van der Waals surface area contributed by atoms with E-state index in [0.29, 0.717) is 48.2 Å². The van der Waals surface area contributed by atoms with Crippen LogP contribution >= 0.6 is 0 Å². The number of halogens is 1. The highest BCUT2D eigenvalue weighted by Gasteiger charge is 2.24. The summed E-state index contributed by atoms with van der Waals surface area (Å²) in [7, 11) is 0. The van der Waals surface area contributed by atoms with Crippen LogP contribution in [0.3, 0.4) is 0 Å². The van der Waals surface area contributed by atoms with Crippen LogP contribution in [0.2, 0.25) is 0 Å². The molecule has 126 valence electrons. The molecule has 0 atom stereocenters. The van der Waals surface area contributed by atoms with Crippen LogP contribution in [0.15, 0.2) is 24.4 Å². The van der Waals surface area contributed by atoms with E-state index in [1.165, 1.54) is 12.1 Å². The summed E-state index contributed by atoms with van der Waals surface area (Å²) < 4.78 is 13.6. The van der Waals surface area contributed by atoms with E-state index < -0.39 is 0 Å². The second-order valence-corrected chi connectivity index (χ2v) is 5.43. The van der Waals surface area contributed by atoms with Crippen LogP contribution in [0.25, 0.3) is 16.5 Å². The summed E-state index contributed by atoms with van der Waals surface area (Å²) in [6.07, 6.45) is 2.06. The number of aromatic nitrogens is 1. The molecule has 1 aromatic heterocycles. The number of fused-ring (bicyclic) bond motifs is 3. The van der Waals surface area contributed by atoms with Crippen molar-refractivity contribution in [2.75, 3.05) is 19.6 Å². The first kappa shape index (κ1) is 16.0. The second kappa shape index (κ2) is 6.71. The zero-order valence-electron chi connectivity index (χ0n) is 12.9. The molecule has 0 bridgehead atoms. The molecule has 0 aliphatic carbocycles. The second-order valence-electron chi connectivity index (χ2n) is 5.43. The van der Waals surface area contributed by atoms with Crippen molar-refractivity contribution in [1.29, 1.82) is 0 Å². The smallest absolute Gasteiger partial charge is 0.318 e. The molecule has 1 aliphatic rings. The Kier molecular flexibility index (Phi) is 4.48. The molecular formula is C16H18FN5O2. The number of nitrogens with one attached hydrogen (secondary N) is 4. The minimum atomic E-state index is -0.387. The number of rotatable bonds is 3. The maximum atomic E-state index is 13.6. The van der Waals surface area contributed by atoms with Crippen LogP contribution in [0.5, 0.6) is 0 Å². The monoisotopic (exact) mass is 331 g/mol. The van der Waals surface area contributed by atoms with Crippen molar-refractivity contribution in [3.63, 3.8) is 0 Å². The highest BCUT2D eigenvalue weighted by molar-refractivity contribution is 6.07. The highest BCUT2D eigenvalue weighted by Crippen LogP contribution is 2.32. The molecule has 24 heavy (non-hydrogen) atoms. The SMILES string of the molecule is NCCNC(=O)N/C=C1\CCNC(=O)c2[nH]c3ccc(F)cc3c21. The average molecular weight is 331 g/mol. The Morgan fingerprint density at radius 2 is 2.25 bits per heavy atom. The Bertz CT molecular complexity index is 827. The van der Waals surface area contributed by atoms with Gasteiger partial charge in [0.05, 0.1) is 0 Å². The Morgan fingerprint density at radius 1 is 1.42 bits per heavy atom. The van der Waals surface area contributed by atoms with E-state index in [4.69, 9.17) is 5.73 Å². The number of benzene rings is 1. The van der Waals surface area contributed by atoms with E-state index in [2.05, 4.69) is 20.9 Å². The molecule has 1 aliphatic heterocycles. The van der Waals surface area contributed by atoms with E-state index in [1.54, 1.807) is 12.3 Å². The summed E-state index contributed by atoms with van der Waals surface area (Å²) >= 11 is 0. The van der Waals surface area contributed by atoms with E-state index in [-0.39, 0.29) is 17.8 Å². The van der Waals surface area contributed by atoms with Gasteiger partial charge in [0, 0.05) is 42.3 Å². The number of urea groups is 1. The predicted molar refractivity (Wildman–Crippen MR) is 88.8 cm³/mol. The van der Waals surface area contributed by atoms with Gasteiger partial charge in [0.2, 0.25) is 0 Å². The van der Waals surface area contributed by atoms with Crippen LogP contribution in [0.1, 0.15) is 22.5 Å². The van der Waals surface area contributed by atoms with Crippen LogP contribution in [0.4, 0.5) is 9.18 Å². The van der Waals surface area contributed by atoms with Crippen LogP contribution in [-0.2, 0) is 0 Å². The molecule has 6 N–H and O–H groups in total. The summed E-state index contributed by atoms with van der Waals surface area (Å²) in [5.74, 6) is -0.639. The fourth-order valence-electron chi connectivity index (χ4n) is 2.73. The quantitative estimate of drug-likeness (QED) is 0.579. The topological polar surface area (TPSA) is 112 Å². The first-order valence-corrected chi connectivity index (χ1v) is 7.63. The molecule has 0 saturated carbocycles. The molecule has 3 amide bonds. The van der Waals surface area contributed by atoms with Gasteiger partial charge in [0.1, 0.15) is 11.5 Å². The number of hydrogen-bond donors (Lipinski definition) is 5. The molecule has 0 unspecified atom stereocenters. The molecule has 2 aromatic rings. The van der Waals surface area contributed by atoms with Gasteiger partial charge < -0.3 is 26.7 Å². The number of carbonyl (C=O) groups is 2. The van der Waals surface area contributed by atoms with Crippen molar-refractivity contribution in [3.05, 3.63) is 41.5 Å². The lowest BCUT2D eigenvalue weighted by Gasteiger charge is -2.07. The maximum Gasteiger partial charge on any atom is 0.318 e. The van der Waals surface area contributed by atoms with E-state index in [1.807, 2.05) is 0 Å². The van der Waals surface area contributed by atoms with E-state index in [9.17, 15) is 14.0 Å². The number of hydrogen-bond acceptors (Lipinski definition) is 3. The molecule has 8 heteroatoms. The fraction of sp³-hybridized carbons (Fsp3) is 0.250. The Morgan fingerprint density at radius 3 is 3.04 bits per heavy atom. The lowest BCUT2D eigenvalue weighted by molar-refractivity contribution is 0.0952. The minimum absolute atomic E-state index is 0.252. The number of aromatic amines is 1. The van der Waals surface area contributed by atoms with Gasteiger partial charge in [-0.25, -0.2) is 9.18 Å². The Labute approximate surface area is 137 Å². The number of H-pyrrole nitrogens is 1. The van der Waals surface area contributed by atoms with E-state index in [0.717, 1.165) is 5.57 Å². The predicted octanol–water partition coefficient (Wildman–Crippen LogP) is 1.04. The molecule has 7 nitrogen and oxygen atoms in total. The van der Waals surface area contributed by atoms with Crippen molar-refractivity contribution in [2.24, 2.45) is 5.73 Å². The minimum Gasteiger partial charge on any atom is -0.350 e. The normalized spacial score (nSPS) is 15.8. The average Bonchev–Trinajstić information content (AvgIpc) is 2.86.